The molecule has 0 amide bonds. The minimum absolute atomic E-state index is 0.284. The third-order valence-electron chi connectivity index (χ3n) is 2.02. The molecule has 1 N–H and O–H groups in total. The van der Waals surface area contributed by atoms with Crippen LogP contribution in [0.15, 0.2) is 29.3 Å². The maximum Gasteiger partial charge on any atom is 0.318 e. The third kappa shape index (κ3) is 2.18. The van der Waals surface area contributed by atoms with Gasteiger partial charge in [0.25, 0.3) is 0 Å². The first-order valence-electron chi connectivity index (χ1n) is 4.36. The zero-order chi connectivity index (χ0) is 10.8. The molecule has 1 aromatic carbocycles. The molecule has 1 unspecified atom stereocenters. The average Bonchev–Trinajstić information content (AvgIpc) is 2.68. The van der Waals surface area contributed by atoms with E-state index in [0.717, 1.165) is 5.56 Å². The molecule has 15 heavy (non-hydrogen) atoms. The predicted octanol–water partition coefficient (Wildman–Crippen LogP) is 1.77. The second kappa shape index (κ2) is 4.02. The minimum atomic E-state index is -0.860. The van der Waals surface area contributed by atoms with Crippen molar-refractivity contribution in [3.8, 4) is 0 Å². The van der Waals surface area contributed by atoms with E-state index in [4.69, 9.17) is 5.11 Å². The molecule has 0 radical (unpaired) electrons. The molecule has 0 aromatic heterocycles. The summed E-state index contributed by atoms with van der Waals surface area (Å²) in [6.45, 7) is 0.284. The van der Waals surface area contributed by atoms with Crippen LogP contribution >= 0.6 is 11.8 Å². The second-order valence-electron chi connectivity index (χ2n) is 3.10. The molecule has 0 aliphatic carbocycles. The van der Waals surface area contributed by atoms with Gasteiger partial charge in [0.15, 0.2) is 0 Å². The Morgan fingerprint density at radius 3 is 2.67 bits per heavy atom. The van der Waals surface area contributed by atoms with Crippen LogP contribution in [0.1, 0.15) is 5.56 Å². The molecule has 1 aliphatic heterocycles. The Morgan fingerprint density at radius 2 is 2.13 bits per heavy atom. The number of hydrogen-bond donors (Lipinski definition) is 1. The first-order valence-corrected chi connectivity index (χ1v) is 5.24. The van der Waals surface area contributed by atoms with E-state index in [-0.39, 0.29) is 12.4 Å². The highest BCUT2D eigenvalue weighted by molar-refractivity contribution is 8.15. The van der Waals surface area contributed by atoms with E-state index >= 15 is 0 Å². The van der Waals surface area contributed by atoms with Crippen LogP contribution in [0, 0.1) is 5.82 Å². The van der Waals surface area contributed by atoms with E-state index in [1.54, 1.807) is 12.1 Å². The lowest BCUT2D eigenvalue weighted by atomic mass is 10.2. The molecular formula is C10H8FNO2S. The molecule has 1 atom stereocenters. The molecule has 1 heterocycles. The topological polar surface area (TPSA) is 49.7 Å². The van der Waals surface area contributed by atoms with Gasteiger partial charge in [-0.1, -0.05) is 11.8 Å². The van der Waals surface area contributed by atoms with Gasteiger partial charge >= 0.3 is 5.97 Å². The summed E-state index contributed by atoms with van der Waals surface area (Å²) in [4.78, 5) is 14.8. The predicted molar refractivity (Wildman–Crippen MR) is 56.8 cm³/mol. The Morgan fingerprint density at radius 1 is 1.47 bits per heavy atom. The Balaban J connectivity index is 2.14. The number of rotatable bonds is 2. The van der Waals surface area contributed by atoms with Crippen molar-refractivity contribution in [2.24, 2.45) is 4.99 Å². The molecule has 0 bridgehead atoms. The maximum atomic E-state index is 12.6. The number of nitrogens with zero attached hydrogens (tertiary/aromatic N) is 1. The van der Waals surface area contributed by atoms with Gasteiger partial charge in [-0.05, 0) is 24.3 Å². The van der Waals surface area contributed by atoms with Crippen LogP contribution in [-0.4, -0.2) is 27.9 Å². The fourth-order valence-electron chi connectivity index (χ4n) is 1.26. The fourth-order valence-corrected chi connectivity index (χ4v) is 2.20. The molecule has 0 fully saturated rings. The summed E-state index contributed by atoms with van der Waals surface area (Å²) in [5, 5.41) is 8.93. The number of aliphatic imine (C=N–C) groups is 1. The zero-order valence-electron chi connectivity index (χ0n) is 7.68. The van der Waals surface area contributed by atoms with E-state index in [9.17, 15) is 9.18 Å². The van der Waals surface area contributed by atoms with Crippen molar-refractivity contribution in [1.82, 2.24) is 0 Å². The minimum Gasteiger partial charge on any atom is -0.480 e. The van der Waals surface area contributed by atoms with Crippen LogP contribution in [0.2, 0.25) is 0 Å². The molecule has 78 valence electrons. The molecule has 1 aliphatic rings. The highest BCUT2D eigenvalue weighted by Crippen LogP contribution is 2.25. The number of halogens is 1. The molecule has 0 saturated heterocycles. The smallest absolute Gasteiger partial charge is 0.318 e. The molecule has 5 heteroatoms. The number of hydrogen-bond acceptors (Lipinski definition) is 3. The maximum absolute atomic E-state index is 12.6. The number of aliphatic carboxylic acids is 1. The normalized spacial score (nSPS) is 20.1. The summed E-state index contributed by atoms with van der Waals surface area (Å²) < 4.78 is 12.6. The van der Waals surface area contributed by atoms with E-state index < -0.39 is 11.2 Å². The standard InChI is InChI=1S/C10H8FNO2S/c11-7-3-1-6(2-4-7)9-12-5-8(15-9)10(13)14/h1-4,8H,5H2,(H,13,14). The largest absolute Gasteiger partial charge is 0.480 e. The number of carboxylic acid groups (broad SMARTS) is 1. The average molecular weight is 225 g/mol. The van der Waals surface area contributed by atoms with Crippen molar-refractivity contribution in [2.45, 2.75) is 5.25 Å². The lowest BCUT2D eigenvalue weighted by molar-refractivity contribution is -0.136. The second-order valence-corrected chi connectivity index (χ2v) is 4.29. The van der Waals surface area contributed by atoms with Gasteiger partial charge in [-0.25, -0.2) is 4.39 Å². The van der Waals surface area contributed by atoms with E-state index in [1.165, 1.54) is 23.9 Å². The number of carbonyl (C=O) groups is 1. The van der Waals surface area contributed by atoms with E-state index in [2.05, 4.69) is 4.99 Å². The van der Waals surface area contributed by atoms with Gasteiger partial charge in [-0.15, -0.1) is 0 Å². The Hall–Kier alpha value is -1.36. The Labute approximate surface area is 90.0 Å². The lowest BCUT2D eigenvalue weighted by Crippen LogP contribution is -2.16. The first kappa shape index (κ1) is 10.2. The summed E-state index contributed by atoms with van der Waals surface area (Å²) >= 11 is 1.21. The van der Waals surface area contributed by atoms with Crippen molar-refractivity contribution in [1.29, 1.82) is 0 Å². The van der Waals surface area contributed by atoms with Crippen molar-refractivity contribution < 1.29 is 14.3 Å². The summed E-state index contributed by atoms with van der Waals surface area (Å²) in [5.41, 5.74) is 0.769. The van der Waals surface area contributed by atoms with Crippen LogP contribution in [0.3, 0.4) is 0 Å². The number of benzene rings is 1. The first-order chi connectivity index (χ1) is 7.16. The van der Waals surface area contributed by atoms with Gasteiger partial charge in [0.1, 0.15) is 11.1 Å². The molecule has 3 nitrogen and oxygen atoms in total. The van der Waals surface area contributed by atoms with Crippen molar-refractivity contribution >= 4 is 22.8 Å². The van der Waals surface area contributed by atoms with Gasteiger partial charge in [0, 0.05) is 5.56 Å². The van der Waals surface area contributed by atoms with Crippen molar-refractivity contribution in [3.05, 3.63) is 35.6 Å². The van der Waals surface area contributed by atoms with E-state index in [0.29, 0.717) is 5.04 Å². The van der Waals surface area contributed by atoms with Crippen LogP contribution in [-0.2, 0) is 4.79 Å². The van der Waals surface area contributed by atoms with Crippen molar-refractivity contribution in [2.75, 3.05) is 6.54 Å². The third-order valence-corrected chi connectivity index (χ3v) is 3.24. The molecule has 0 saturated carbocycles. The number of thioether (sulfide) groups is 1. The number of carboxylic acids is 1. The molecule has 0 spiro atoms. The van der Waals surface area contributed by atoms with Gasteiger partial charge in [0.05, 0.1) is 11.6 Å². The van der Waals surface area contributed by atoms with Gasteiger partial charge < -0.3 is 5.11 Å². The molecule has 1 aromatic rings. The molecular weight excluding hydrogens is 217 g/mol. The summed E-state index contributed by atoms with van der Waals surface area (Å²) in [6, 6.07) is 5.88. The summed E-state index contributed by atoms with van der Waals surface area (Å²) in [6.07, 6.45) is 0. The van der Waals surface area contributed by atoms with Crippen LogP contribution in [0.25, 0.3) is 0 Å². The SMILES string of the molecule is O=C(O)C1CN=C(c2ccc(F)cc2)S1. The van der Waals surface area contributed by atoms with Crippen LogP contribution in [0.4, 0.5) is 4.39 Å². The van der Waals surface area contributed by atoms with Crippen LogP contribution in [0.5, 0.6) is 0 Å². The highest BCUT2D eigenvalue weighted by Gasteiger charge is 2.26. The van der Waals surface area contributed by atoms with Gasteiger partial charge in [-0.2, -0.15) is 0 Å². The lowest BCUT2D eigenvalue weighted by Gasteiger charge is -2.01. The fraction of sp³-hybridized carbons (Fsp3) is 0.200. The Kier molecular flexibility index (Phi) is 2.73. The van der Waals surface area contributed by atoms with Gasteiger partial charge in [0.2, 0.25) is 0 Å². The Bertz CT molecular complexity index is 416. The summed E-state index contributed by atoms with van der Waals surface area (Å²) in [5.74, 6) is -1.17. The summed E-state index contributed by atoms with van der Waals surface area (Å²) in [7, 11) is 0. The highest BCUT2D eigenvalue weighted by atomic mass is 32.2. The van der Waals surface area contributed by atoms with E-state index in [1.807, 2.05) is 0 Å². The van der Waals surface area contributed by atoms with Crippen molar-refractivity contribution in [3.63, 3.8) is 0 Å². The monoisotopic (exact) mass is 225 g/mol. The zero-order valence-corrected chi connectivity index (χ0v) is 8.50. The quantitative estimate of drug-likeness (QED) is 0.834. The van der Waals surface area contributed by atoms with Gasteiger partial charge in [-0.3, -0.25) is 9.79 Å². The molecule has 2 rings (SSSR count). The van der Waals surface area contributed by atoms with Crippen LogP contribution < -0.4 is 0 Å².